The van der Waals surface area contributed by atoms with Gasteiger partial charge in [-0.15, -0.1) is 11.3 Å². The largest absolute Gasteiger partial charge is 0.351 e. The fourth-order valence-corrected chi connectivity index (χ4v) is 3.78. The maximum atomic E-state index is 12.2. The molecule has 0 bridgehead atoms. The van der Waals surface area contributed by atoms with E-state index in [9.17, 15) is 13.2 Å². The van der Waals surface area contributed by atoms with Crippen molar-refractivity contribution in [1.29, 1.82) is 0 Å². The summed E-state index contributed by atoms with van der Waals surface area (Å²) in [4.78, 5) is 13.2. The number of benzene rings is 1. The minimum atomic E-state index is -3.56. The number of thiophene rings is 1. The van der Waals surface area contributed by atoms with Gasteiger partial charge in [0.2, 0.25) is 10.0 Å². The summed E-state index contributed by atoms with van der Waals surface area (Å²) in [5, 5.41) is 7.64. The first-order valence-electron chi connectivity index (χ1n) is 7.58. The summed E-state index contributed by atoms with van der Waals surface area (Å²) >= 11 is 1.60. The lowest BCUT2D eigenvalue weighted by Crippen LogP contribution is -2.30. The van der Waals surface area contributed by atoms with Crippen molar-refractivity contribution in [2.24, 2.45) is 0 Å². The molecule has 0 radical (unpaired) electrons. The van der Waals surface area contributed by atoms with Crippen LogP contribution in [0.3, 0.4) is 0 Å². The summed E-state index contributed by atoms with van der Waals surface area (Å²) in [6.45, 7) is 1.53. The number of sulfonamides is 1. The van der Waals surface area contributed by atoms with Gasteiger partial charge in [-0.3, -0.25) is 4.79 Å². The normalized spacial score (nSPS) is 11.4. The maximum absolute atomic E-state index is 12.2. The van der Waals surface area contributed by atoms with Gasteiger partial charge in [-0.1, -0.05) is 6.07 Å². The molecule has 0 saturated carbocycles. The summed E-state index contributed by atoms with van der Waals surface area (Å²) in [6, 6.07) is 9.83. The van der Waals surface area contributed by atoms with Crippen LogP contribution in [0.15, 0.2) is 46.7 Å². The smallest absolute Gasteiger partial charge is 0.251 e. The fraction of sp³-hybridized carbons (Fsp3) is 0.312. The molecule has 2 rings (SSSR count). The zero-order chi connectivity index (χ0) is 17.4. The summed E-state index contributed by atoms with van der Waals surface area (Å²) in [5.41, 5.74) is 0.434. The Morgan fingerprint density at radius 2 is 1.83 bits per heavy atom. The summed E-state index contributed by atoms with van der Waals surface area (Å²) in [6.07, 6.45) is 0.656. The molecule has 0 unspecified atom stereocenters. The molecular weight excluding hydrogens is 346 g/mol. The van der Waals surface area contributed by atoms with E-state index >= 15 is 0 Å². The third-order valence-corrected chi connectivity index (χ3v) is 5.74. The first-order valence-corrected chi connectivity index (χ1v) is 9.94. The predicted molar refractivity (Wildman–Crippen MR) is 95.9 cm³/mol. The molecule has 0 saturated heterocycles. The van der Waals surface area contributed by atoms with Crippen LogP contribution < -0.4 is 15.4 Å². The Morgan fingerprint density at radius 3 is 2.46 bits per heavy atom. The lowest BCUT2D eigenvalue weighted by atomic mass is 10.2. The van der Waals surface area contributed by atoms with Gasteiger partial charge in [0, 0.05) is 30.1 Å². The molecule has 130 valence electrons. The topological polar surface area (TPSA) is 87.3 Å². The minimum absolute atomic E-state index is 0.153. The van der Waals surface area contributed by atoms with Gasteiger partial charge >= 0.3 is 0 Å². The third kappa shape index (κ3) is 5.41. The van der Waals surface area contributed by atoms with Gasteiger partial charge in [-0.25, -0.2) is 13.1 Å². The number of carbonyl (C=O) groups excluding carboxylic acids is 1. The van der Waals surface area contributed by atoms with E-state index in [-0.39, 0.29) is 10.8 Å². The van der Waals surface area contributed by atoms with Crippen LogP contribution in [-0.2, 0) is 16.4 Å². The molecule has 0 spiro atoms. The average molecular weight is 367 g/mol. The van der Waals surface area contributed by atoms with Crippen LogP contribution in [0.2, 0.25) is 0 Å². The quantitative estimate of drug-likeness (QED) is 0.582. The molecule has 0 atom stereocenters. The lowest BCUT2D eigenvalue weighted by molar-refractivity contribution is 0.0954. The van der Waals surface area contributed by atoms with Crippen LogP contribution in [-0.4, -0.2) is 41.0 Å². The van der Waals surface area contributed by atoms with Gasteiger partial charge in [0.05, 0.1) is 4.90 Å². The second-order valence-electron chi connectivity index (χ2n) is 5.11. The fourth-order valence-electron chi connectivity index (χ4n) is 2.04. The Kier molecular flexibility index (Phi) is 6.92. The molecule has 1 aromatic heterocycles. The molecule has 6 nitrogen and oxygen atoms in total. The molecule has 0 aliphatic heterocycles. The highest BCUT2D eigenvalue weighted by molar-refractivity contribution is 7.89. The summed E-state index contributed by atoms with van der Waals surface area (Å²) in [7, 11) is -1.76. The Labute approximate surface area is 146 Å². The van der Waals surface area contributed by atoms with Crippen molar-refractivity contribution in [2.45, 2.75) is 11.3 Å². The highest BCUT2D eigenvalue weighted by atomic mass is 32.2. The van der Waals surface area contributed by atoms with Crippen LogP contribution in [0.4, 0.5) is 0 Å². The molecule has 8 heteroatoms. The van der Waals surface area contributed by atoms with E-state index in [0.717, 1.165) is 4.88 Å². The summed E-state index contributed by atoms with van der Waals surface area (Å²) < 4.78 is 27.0. The van der Waals surface area contributed by atoms with Crippen LogP contribution in [0.25, 0.3) is 0 Å². The molecular formula is C16H21N3O3S2. The zero-order valence-electron chi connectivity index (χ0n) is 13.4. The predicted octanol–water partition coefficient (Wildman–Crippen LogP) is 1.22. The molecule has 0 fully saturated rings. The van der Waals surface area contributed by atoms with Crippen LogP contribution in [0.5, 0.6) is 0 Å². The van der Waals surface area contributed by atoms with E-state index in [1.165, 1.54) is 24.3 Å². The van der Waals surface area contributed by atoms with E-state index in [1.54, 1.807) is 18.4 Å². The molecule has 1 aromatic carbocycles. The van der Waals surface area contributed by atoms with E-state index in [0.29, 0.717) is 31.6 Å². The van der Waals surface area contributed by atoms with Gasteiger partial charge in [0.1, 0.15) is 0 Å². The van der Waals surface area contributed by atoms with Crippen LogP contribution in [0, 0.1) is 0 Å². The van der Waals surface area contributed by atoms with E-state index in [1.807, 2.05) is 17.5 Å². The van der Waals surface area contributed by atoms with Crippen molar-refractivity contribution in [3.05, 3.63) is 52.2 Å². The first-order chi connectivity index (χ1) is 11.5. The molecule has 0 aliphatic rings. The molecule has 1 amide bonds. The second-order valence-corrected chi connectivity index (χ2v) is 7.91. The zero-order valence-corrected chi connectivity index (χ0v) is 15.0. The number of rotatable bonds is 9. The van der Waals surface area contributed by atoms with Crippen molar-refractivity contribution in [1.82, 2.24) is 15.4 Å². The Bertz CT molecular complexity index is 741. The number of amides is 1. The number of hydrogen-bond donors (Lipinski definition) is 3. The van der Waals surface area contributed by atoms with E-state index in [2.05, 4.69) is 15.4 Å². The standard InChI is InChI=1S/C16H21N3O3S2/c1-17-10-11-18-16(20)13-4-6-15(7-5-13)24(21,22)19-9-8-14-3-2-12-23-14/h2-7,12,17,19H,8-11H2,1H3,(H,18,20). The highest BCUT2D eigenvalue weighted by Gasteiger charge is 2.14. The third-order valence-electron chi connectivity index (χ3n) is 3.33. The van der Waals surface area contributed by atoms with Gasteiger partial charge in [0.15, 0.2) is 0 Å². The van der Waals surface area contributed by atoms with Crippen molar-refractivity contribution < 1.29 is 13.2 Å². The SMILES string of the molecule is CNCCNC(=O)c1ccc(S(=O)(=O)NCCc2cccs2)cc1. The van der Waals surface area contributed by atoms with E-state index < -0.39 is 10.0 Å². The Morgan fingerprint density at radius 1 is 1.08 bits per heavy atom. The average Bonchev–Trinajstić information content (AvgIpc) is 3.08. The number of likely N-dealkylation sites (N-methyl/N-ethyl adjacent to an activating group) is 1. The molecule has 1 heterocycles. The van der Waals surface area contributed by atoms with Crippen molar-refractivity contribution in [3.8, 4) is 0 Å². The molecule has 2 aromatic rings. The van der Waals surface area contributed by atoms with Crippen molar-refractivity contribution in [3.63, 3.8) is 0 Å². The molecule has 0 aliphatic carbocycles. The van der Waals surface area contributed by atoms with Crippen LogP contribution >= 0.6 is 11.3 Å². The Hall–Kier alpha value is -1.74. The number of hydrogen-bond acceptors (Lipinski definition) is 5. The number of carbonyl (C=O) groups is 1. The number of nitrogens with one attached hydrogen (secondary N) is 3. The minimum Gasteiger partial charge on any atom is -0.351 e. The van der Waals surface area contributed by atoms with Crippen LogP contribution in [0.1, 0.15) is 15.2 Å². The monoisotopic (exact) mass is 367 g/mol. The van der Waals surface area contributed by atoms with E-state index in [4.69, 9.17) is 0 Å². The lowest BCUT2D eigenvalue weighted by Gasteiger charge is -2.08. The second kappa shape index (κ2) is 8.93. The van der Waals surface area contributed by atoms with Crippen molar-refractivity contribution in [2.75, 3.05) is 26.7 Å². The summed E-state index contributed by atoms with van der Waals surface area (Å²) in [5.74, 6) is -0.222. The van der Waals surface area contributed by atoms with Gasteiger partial charge in [0.25, 0.3) is 5.91 Å². The Balaban J connectivity index is 1.91. The first kappa shape index (κ1) is 18.6. The maximum Gasteiger partial charge on any atom is 0.251 e. The van der Waals surface area contributed by atoms with Gasteiger partial charge in [-0.2, -0.15) is 0 Å². The van der Waals surface area contributed by atoms with Gasteiger partial charge < -0.3 is 10.6 Å². The van der Waals surface area contributed by atoms with Gasteiger partial charge in [-0.05, 0) is 49.2 Å². The molecule has 3 N–H and O–H groups in total. The van der Waals surface area contributed by atoms with Crippen molar-refractivity contribution >= 4 is 27.3 Å². The highest BCUT2D eigenvalue weighted by Crippen LogP contribution is 2.12. The molecule has 24 heavy (non-hydrogen) atoms.